The van der Waals surface area contributed by atoms with Crippen molar-refractivity contribution in [2.75, 3.05) is 6.54 Å². The number of nitrogens with one attached hydrogen (secondary N) is 1. The Morgan fingerprint density at radius 1 is 1.44 bits per heavy atom. The average molecular weight is 305 g/mol. The Labute approximate surface area is 110 Å². The Bertz CT molecular complexity index is 368. The normalized spacial score (nSPS) is 10.2. The van der Waals surface area contributed by atoms with Crippen LogP contribution in [0.2, 0.25) is 5.02 Å². The van der Waals surface area contributed by atoms with Gasteiger partial charge in [0.1, 0.15) is 0 Å². The number of hydrogen-bond donors (Lipinski definition) is 1. The molecule has 0 spiro atoms. The molecule has 1 N–H and O–H groups in total. The molecule has 0 aliphatic carbocycles. The maximum absolute atomic E-state index is 11.8. The van der Waals surface area contributed by atoms with Crippen LogP contribution in [-0.2, 0) is 0 Å². The van der Waals surface area contributed by atoms with Gasteiger partial charge in [0.05, 0.1) is 10.6 Å². The summed E-state index contributed by atoms with van der Waals surface area (Å²) in [7, 11) is 0. The van der Waals surface area contributed by atoms with Gasteiger partial charge in [-0.1, -0.05) is 37.4 Å². The smallest absolute Gasteiger partial charge is 0.252 e. The second-order valence-electron chi connectivity index (χ2n) is 3.56. The van der Waals surface area contributed by atoms with E-state index in [0.717, 1.165) is 19.3 Å². The SMILES string of the molecule is CCCCCNC(=O)c1cccc(Cl)c1Br. The Morgan fingerprint density at radius 2 is 2.19 bits per heavy atom. The summed E-state index contributed by atoms with van der Waals surface area (Å²) in [6.45, 7) is 2.85. The van der Waals surface area contributed by atoms with Crippen LogP contribution in [0.3, 0.4) is 0 Å². The first kappa shape index (κ1) is 13.5. The van der Waals surface area contributed by atoms with Crippen molar-refractivity contribution in [3.63, 3.8) is 0 Å². The summed E-state index contributed by atoms with van der Waals surface area (Å²) in [5.41, 5.74) is 0.587. The van der Waals surface area contributed by atoms with Crippen LogP contribution in [0.1, 0.15) is 36.5 Å². The van der Waals surface area contributed by atoms with Crippen LogP contribution in [0.4, 0.5) is 0 Å². The Morgan fingerprint density at radius 3 is 2.88 bits per heavy atom. The highest BCUT2D eigenvalue weighted by Crippen LogP contribution is 2.25. The molecule has 1 aromatic carbocycles. The van der Waals surface area contributed by atoms with Gasteiger partial charge in [0.2, 0.25) is 0 Å². The average Bonchev–Trinajstić information content (AvgIpc) is 2.28. The summed E-state index contributed by atoms with van der Waals surface area (Å²) in [6.07, 6.45) is 3.30. The van der Waals surface area contributed by atoms with Crippen molar-refractivity contribution in [2.45, 2.75) is 26.2 Å². The van der Waals surface area contributed by atoms with E-state index in [1.54, 1.807) is 18.2 Å². The largest absolute Gasteiger partial charge is 0.352 e. The van der Waals surface area contributed by atoms with E-state index in [-0.39, 0.29) is 5.91 Å². The molecule has 0 radical (unpaired) electrons. The van der Waals surface area contributed by atoms with Gasteiger partial charge in [-0.15, -0.1) is 0 Å². The molecular weight excluding hydrogens is 289 g/mol. The van der Waals surface area contributed by atoms with Gasteiger partial charge in [0, 0.05) is 11.0 Å². The topological polar surface area (TPSA) is 29.1 Å². The number of carbonyl (C=O) groups excluding carboxylic acids is 1. The minimum Gasteiger partial charge on any atom is -0.352 e. The number of unbranched alkanes of at least 4 members (excludes halogenated alkanes) is 2. The molecule has 1 aromatic rings. The summed E-state index contributed by atoms with van der Waals surface area (Å²) in [6, 6.07) is 5.28. The number of halogens is 2. The van der Waals surface area contributed by atoms with Gasteiger partial charge in [0.15, 0.2) is 0 Å². The molecule has 0 aliphatic heterocycles. The van der Waals surface area contributed by atoms with Crippen LogP contribution in [0.5, 0.6) is 0 Å². The molecule has 0 fully saturated rings. The lowest BCUT2D eigenvalue weighted by Crippen LogP contribution is -2.24. The maximum Gasteiger partial charge on any atom is 0.252 e. The summed E-state index contributed by atoms with van der Waals surface area (Å²) in [5, 5.41) is 3.43. The van der Waals surface area contributed by atoms with Crippen molar-refractivity contribution in [1.82, 2.24) is 5.32 Å². The first-order chi connectivity index (χ1) is 7.66. The van der Waals surface area contributed by atoms with E-state index in [4.69, 9.17) is 11.6 Å². The molecule has 0 saturated carbocycles. The molecule has 0 bridgehead atoms. The van der Waals surface area contributed by atoms with E-state index < -0.39 is 0 Å². The predicted octanol–water partition coefficient (Wildman–Crippen LogP) is 4.02. The van der Waals surface area contributed by atoms with Crippen molar-refractivity contribution in [3.8, 4) is 0 Å². The van der Waals surface area contributed by atoms with E-state index in [2.05, 4.69) is 28.2 Å². The van der Waals surface area contributed by atoms with E-state index in [9.17, 15) is 4.79 Å². The number of rotatable bonds is 5. The van der Waals surface area contributed by atoms with Gasteiger partial charge in [-0.05, 0) is 34.5 Å². The van der Waals surface area contributed by atoms with Gasteiger partial charge in [-0.2, -0.15) is 0 Å². The highest BCUT2D eigenvalue weighted by atomic mass is 79.9. The fourth-order valence-corrected chi connectivity index (χ4v) is 1.97. The molecule has 0 heterocycles. The fourth-order valence-electron chi connectivity index (χ4n) is 1.35. The Kier molecular flexibility index (Phi) is 5.85. The number of amides is 1. The van der Waals surface area contributed by atoms with Crippen molar-refractivity contribution in [1.29, 1.82) is 0 Å². The highest BCUT2D eigenvalue weighted by Gasteiger charge is 2.10. The summed E-state index contributed by atoms with van der Waals surface area (Å²) >= 11 is 9.23. The minimum absolute atomic E-state index is 0.0783. The Balaban J connectivity index is 2.56. The van der Waals surface area contributed by atoms with E-state index in [1.807, 2.05) is 0 Å². The van der Waals surface area contributed by atoms with E-state index >= 15 is 0 Å². The van der Waals surface area contributed by atoms with Crippen LogP contribution in [0.25, 0.3) is 0 Å². The van der Waals surface area contributed by atoms with Gasteiger partial charge in [0.25, 0.3) is 5.91 Å². The number of benzene rings is 1. The molecule has 1 rings (SSSR count). The molecule has 4 heteroatoms. The molecule has 0 aromatic heterocycles. The van der Waals surface area contributed by atoms with E-state index in [1.165, 1.54) is 0 Å². The van der Waals surface area contributed by atoms with Crippen LogP contribution in [0, 0.1) is 0 Å². The van der Waals surface area contributed by atoms with Gasteiger partial charge in [-0.25, -0.2) is 0 Å². The summed E-state index contributed by atoms with van der Waals surface area (Å²) < 4.78 is 0.657. The summed E-state index contributed by atoms with van der Waals surface area (Å²) in [4.78, 5) is 11.8. The maximum atomic E-state index is 11.8. The third kappa shape index (κ3) is 3.80. The number of hydrogen-bond acceptors (Lipinski definition) is 1. The molecular formula is C12H15BrClNO. The lowest BCUT2D eigenvalue weighted by atomic mass is 10.2. The van der Waals surface area contributed by atoms with Crippen LogP contribution in [-0.4, -0.2) is 12.5 Å². The van der Waals surface area contributed by atoms with Gasteiger partial charge >= 0.3 is 0 Å². The first-order valence-electron chi connectivity index (χ1n) is 5.39. The first-order valence-corrected chi connectivity index (χ1v) is 6.56. The standard InChI is InChI=1S/C12H15BrClNO/c1-2-3-4-8-15-12(16)9-6-5-7-10(14)11(9)13/h5-7H,2-4,8H2,1H3,(H,15,16). The highest BCUT2D eigenvalue weighted by molar-refractivity contribution is 9.10. The fraction of sp³-hybridized carbons (Fsp3) is 0.417. The van der Waals surface area contributed by atoms with Crippen molar-refractivity contribution >= 4 is 33.4 Å². The molecule has 0 atom stereocenters. The quantitative estimate of drug-likeness (QED) is 0.818. The van der Waals surface area contributed by atoms with Crippen molar-refractivity contribution < 1.29 is 4.79 Å². The second-order valence-corrected chi connectivity index (χ2v) is 4.76. The van der Waals surface area contributed by atoms with Crippen molar-refractivity contribution in [3.05, 3.63) is 33.3 Å². The molecule has 16 heavy (non-hydrogen) atoms. The van der Waals surface area contributed by atoms with E-state index in [0.29, 0.717) is 21.6 Å². The molecule has 0 saturated heterocycles. The number of carbonyl (C=O) groups is 1. The molecule has 88 valence electrons. The predicted molar refractivity (Wildman–Crippen MR) is 71.0 cm³/mol. The van der Waals surface area contributed by atoms with Crippen LogP contribution < -0.4 is 5.32 Å². The molecule has 1 amide bonds. The second kappa shape index (κ2) is 6.92. The Hall–Kier alpha value is -0.540. The van der Waals surface area contributed by atoms with Gasteiger partial charge < -0.3 is 5.32 Å². The monoisotopic (exact) mass is 303 g/mol. The lowest BCUT2D eigenvalue weighted by Gasteiger charge is -2.07. The van der Waals surface area contributed by atoms with Crippen LogP contribution >= 0.6 is 27.5 Å². The zero-order chi connectivity index (χ0) is 12.0. The lowest BCUT2D eigenvalue weighted by molar-refractivity contribution is 0.0952. The third-order valence-corrected chi connectivity index (χ3v) is 3.66. The van der Waals surface area contributed by atoms with Crippen LogP contribution in [0.15, 0.2) is 22.7 Å². The molecule has 2 nitrogen and oxygen atoms in total. The van der Waals surface area contributed by atoms with Gasteiger partial charge in [-0.3, -0.25) is 4.79 Å². The zero-order valence-electron chi connectivity index (χ0n) is 9.22. The summed E-state index contributed by atoms with van der Waals surface area (Å²) in [5.74, 6) is -0.0783. The third-order valence-electron chi connectivity index (χ3n) is 2.26. The minimum atomic E-state index is -0.0783. The molecule has 0 aliphatic rings. The van der Waals surface area contributed by atoms with Crippen molar-refractivity contribution in [2.24, 2.45) is 0 Å². The molecule has 0 unspecified atom stereocenters. The zero-order valence-corrected chi connectivity index (χ0v) is 11.6.